The van der Waals surface area contributed by atoms with E-state index in [4.69, 9.17) is 18.6 Å². The average Bonchev–Trinajstić information content (AvgIpc) is 3.26. The van der Waals surface area contributed by atoms with Gasteiger partial charge in [-0.2, -0.15) is 0 Å². The lowest BCUT2D eigenvalue weighted by Gasteiger charge is -2.35. The summed E-state index contributed by atoms with van der Waals surface area (Å²) in [6.45, 7) is 13.0. The first-order valence-corrected chi connectivity index (χ1v) is 13.8. The van der Waals surface area contributed by atoms with Crippen LogP contribution in [0.15, 0.2) is 95.4 Å². The van der Waals surface area contributed by atoms with E-state index in [1.165, 1.54) is 0 Å². The number of aromatic nitrogens is 1. The Morgan fingerprint density at radius 2 is 1.17 bits per heavy atom. The summed E-state index contributed by atoms with van der Waals surface area (Å²) in [6, 6.07) is 31.0. The Morgan fingerprint density at radius 3 is 1.58 bits per heavy atom. The largest absolute Gasteiger partial charge is 0.440 e. The molecule has 0 amide bonds. The van der Waals surface area contributed by atoms with Crippen molar-refractivity contribution in [1.82, 2.24) is 4.98 Å². The van der Waals surface area contributed by atoms with Crippen molar-refractivity contribution >= 4 is 9.76 Å². The standard InChI is InChI=1S/C31H37NO3Si/c1-23-28(30(5,6)35-36-29(2,3)4)34-27(32-23)22-33-31(24-16-10-7-11-17-24,25-18-12-8-13-19-25)26-20-14-9-15-21-26/h7-21H,22,36H2,1-6H3. The van der Waals surface area contributed by atoms with Crippen molar-refractivity contribution in [2.75, 3.05) is 0 Å². The van der Waals surface area contributed by atoms with Crippen LogP contribution in [-0.4, -0.2) is 14.7 Å². The number of ether oxygens (including phenoxy) is 1. The molecule has 1 aromatic heterocycles. The van der Waals surface area contributed by atoms with Gasteiger partial charge in [0.15, 0.2) is 15.5 Å². The first-order valence-electron chi connectivity index (χ1n) is 12.5. The lowest BCUT2D eigenvalue weighted by atomic mass is 9.80. The Bertz CT molecular complexity index is 1150. The van der Waals surface area contributed by atoms with Crippen molar-refractivity contribution in [2.45, 2.75) is 64.4 Å². The van der Waals surface area contributed by atoms with Gasteiger partial charge in [0.05, 0.1) is 5.69 Å². The number of hydrogen-bond donors (Lipinski definition) is 0. The van der Waals surface area contributed by atoms with Gasteiger partial charge in [0.1, 0.15) is 17.8 Å². The second kappa shape index (κ2) is 10.6. The minimum absolute atomic E-state index is 0.192. The summed E-state index contributed by atoms with van der Waals surface area (Å²) in [7, 11) is -0.763. The van der Waals surface area contributed by atoms with Crippen LogP contribution in [0.5, 0.6) is 0 Å². The maximum atomic E-state index is 6.88. The molecule has 36 heavy (non-hydrogen) atoms. The fraction of sp³-hybridized carbons (Fsp3) is 0.323. The van der Waals surface area contributed by atoms with Crippen LogP contribution < -0.4 is 0 Å². The lowest BCUT2D eigenvalue weighted by molar-refractivity contribution is -0.0125. The number of aryl methyl sites for hydroxylation is 1. The minimum Gasteiger partial charge on any atom is -0.440 e. The molecule has 0 fully saturated rings. The van der Waals surface area contributed by atoms with Gasteiger partial charge >= 0.3 is 0 Å². The molecule has 0 saturated heterocycles. The molecule has 0 atom stereocenters. The van der Waals surface area contributed by atoms with Crippen LogP contribution in [0.4, 0.5) is 0 Å². The monoisotopic (exact) mass is 499 g/mol. The lowest BCUT2D eigenvalue weighted by Crippen LogP contribution is -2.32. The van der Waals surface area contributed by atoms with E-state index in [2.05, 4.69) is 71.0 Å². The highest BCUT2D eigenvalue weighted by Gasteiger charge is 2.38. The molecule has 0 spiro atoms. The number of nitrogens with zero attached hydrogens (tertiary/aromatic N) is 1. The summed E-state index contributed by atoms with van der Waals surface area (Å²) < 4.78 is 19.6. The number of oxazole rings is 1. The SMILES string of the molecule is Cc1nc(COC(c2ccccc2)(c2ccccc2)c2ccccc2)oc1C(C)(C)O[SiH2]C(C)(C)C. The van der Waals surface area contributed by atoms with E-state index in [0.29, 0.717) is 5.89 Å². The van der Waals surface area contributed by atoms with Crippen LogP contribution >= 0.6 is 0 Å². The molecule has 0 bridgehead atoms. The predicted molar refractivity (Wildman–Crippen MR) is 148 cm³/mol. The average molecular weight is 500 g/mol. The first-order chi connectivity index (χ1) is 17.1. The molecule has 0 saturated carbocycles. The third-order valence-electron chi connectivity index (χ3n) is 6.21. The maximum absolute atomic E-state index is 6.88. The summed E-state index contributed by atoms with van der Waals surface area (Å²) in [5, 5.41) is 0.192. The summed E-state index contributed by atoms with van der Waals surface area (Å²) >= 11 is 0. The molecule has 0 aliphatic carbocycles. The van der Waals surface area contributed by atoms with E-state index >= 15 is 0 Å². The predicted octanol–water partition coefficient (Wildman–Crippen LogP) is 7.05. The normalized spacial score (nSPS) is 12.9. The third-order valence-corrected chi connectivity index (χ3v) is 7.94. The van der Waals surface area contributed by atoms with E-state index in [9.17, 15) is 0 Å². The Labute approximate surface area is 217 Å². The Morgan fingerprint density at radius 1 is 0.722 bits per heavy atom. The minimum atomic E-state index is -0.822. The van der Waals surface area contributed by atoms with E-state index in [1.54, 1.807) is 0 Å². The van der Waals surface area contributed by atoms with Crippen LogP contribution in [0.2, 0.25) is 5.04 Å². The Kier molecular flexibility index (Phi) is 7.64. The molecule has 0 aliphatic rings. The van der Waals surface area contributed by atoms with Gasteiger partial charge in [0.25, 0.3) is 0 Å². The zero-order valence-electron chi connectivity index (χ0n) is 22.2. The smallest absolute Gasteiger partial charge is 0.220 e. The topological polar surface area (TPSA) is 44.5 Å². The fourth-order valence-corrected chi connectivity index (χ4v) is 5.40. The van der Waals surface area contributed by atoms with Gasteiger partial charge in [-0.05, 0) is 42.5 Å². The third kappa shape index (κ3) is 5.70. The van der Waals surface area contributed by atoms with Gasteiger partial charge in [0, 0.05) is 0 Å². The molecule has 188 valence electrons. The Hall–Kier alpha value is -2.99. The molecule has 0 N–H and O–H groups in total. The van der Waals surface area contributed by atoms with Crippen molar-refractivity contribution in [2.24, 2.45) is 0 Å². The summed E-state index contributed by atoms with van der Waals surface area (Å²) in [6.07, 6.45) is 0. The van der Waals surface area contributed by atoms with E-state index in [0.717, 1.165) is 28.1 Å². The quantitative estimate of drug-likeness (QED) is 0.183. The van der Waals surface area contributed by atoms with Gasteiger partial charge in [-0.25, -0.2) is 4.98 Å². The van der Waals surface area contributed by atoms with Crippen LogP contribution in [0.1, 0.15) is 68.7 Å². The van der Waals surface area contributed by atoms with Crippen molar-refractivity contribution in [3.63, 3.8) is 0 Å². The molecule has 4 nitrogen and oxygen atoms in total. The van der Waals surface area contributed by atoms with E-state index < -0.39 is 21.0 Å². The molecule has 3 aromatic carbocycles. The highest BCUT2D eigenvalue weighted by atomic mass is 28.2. The summed E-state index contributed by atoms with van der Waals surface area (Å²) in [5.41, 5.74) is 2.62. The van der Waals surface area contributed by atoms with Crippen LogP contribution in [0.25, 0.3) is 0 Å². The second-order valence-corrected chi connectivity index (χ2v) is 13.6. The van der Waals surface area contributed by atoms with Gasteiger partial charge in [-0.1, -0.05) is 112 Å². The molecule has 0 aliphatic heterocycles. The first kappa shape index (κ1) is 26.1. The van der Waals surface area contributed by atoms with Crippen molar-refractivity contribution < 1.29 is 13.6 Å². The van der Waals surface area contributed by atoms with Crippen molar-refractivity contribution in [3.05, 3.63) is 125 Å². The molecule has 5 heteroatoms. The molecule has 0 unspecified atom stereocenters. The summed E-state index contributed by atoms with van der Waals surface area (Å²) in [5.74, 6) is 1.31. The number of hydrogen-bond acceptors (Lipinski definition) is 4. The maximum Gasteiger partial charge on any atom is 0.220 e. The fourth-order valence-electron chi connectivity index (χ4n) is 4.47. The Balaban J connectivity index is 1.72. The van der Waals surface area contributed by atoms with Crippen molar-refractivity contribution in [3.8, 4) is 0 Å². The zero-order valence-corrected chi connectivity index (χ0v) is 23.7. The van der Waals surface area contributed by atoms with Crippen LogP contribution in [0, 0.1) is 6.92 Å². The van der Waals surface area contributed by atoms with E-state index in [-0.39, 0.29) is 11.6 Å². The van der Waals surface area contributed by atoms with Crippen LogP contribution in [-0.2, 0) is 27.0 Å². The van der Waals surface area contributed by atoms with Gasteiger partial charge < -0.3 is 13.6 Å². The molecule has 1 heterocycles. The van der Waals surface area contributed by atoms with E-state index in [1.807, 2.05) is 61.5 Å². The molecule has 0 radical (unpaired) electrons. The summed E-state index contributed by atoms with van der Waals surface area (Å²) in [4.78, 5) is 4.75. The highest BCUT2D eigenvalue weighted by molar-refractivity contribution is 6.31. The molecule has 4 rings (SSSR count). The molecule has 4 aromatic rings. The second-order valence-electron chi connectivity index (χ2n) is 10.9. The molecular weight excluding hydrogens is 462 g/mol. The van der Waals surface area contributed by atoms with Crippen molar-refractivity contribution in [1.29, 1.82) is 0 Å². The van der Waals surface area contributed by atoms with Gasteiger partial charge in [-0.15, -0.1) is 0 Å². The van der Waals surface area contributed by atoms with Crippen LogP contribution in [0.3, 0.4) is 0 Å². The molecular formula is C31H37NO3Si. The zero-order chi connectivity index (χ0) is 25.8. The highest BCUT2D eigenvalue weighted by Crippen LogP contribution is 2.41. The number of rotatable bonds is 9. The number of benzene rings is 3. The van der Waals surface area contributed by atoms with Gasteiger partial charge in [0.2, 0.25) is 5.89 Å². The van der Waals surface area contributed by atoms with Gasteiger partial charge in [-0.3, -0.25) is 0 Å².